The topological polar surface area (TPSA) is 77.7 Å². The number of nitrogens with zero attached hydrogens (tertiary/aromatic N) is 4. The second kappa shape index (κ2) is 6.79. The van der Waals surface area contributed by atoms with Gasteiger partial charge >= 0.3 is 0 Å². The molecule has 0 saturated heterocycles. The van der Waals surface area contributed by atoms with E-state index in [0.29, 0.717) is 5.92 Å². The van der Waals surface area contributed by atoms with Crippen LogP contribution in [-0.2, 0) is 16.4 Å². The normalized spacial score (nSPS) is 21.1. The van der Waals surface area contributed by atoms with Crippen molar-refractivity contribution in [2.24, 2.45) is 5.92 Å². The van der Waals surface area contributed by atoms with E-state index in [4.69, 9.17) is 0 Å². The van der Waals surface area contributed by atoms with E-state index in [1.807, 2.05) is 41.3 Å². The van der Waals surface area contributed by atoms with Crippen LogP contribution in [0.2, 0.25) is 0 Å². The van der Waals surface area contributed by atoms with Gasteiger partial charge in [0.1, 0.15) is 9.84 Å². The summed E-state index contributed by atoms with van der Waals surface area (Å²) in [5, 5.41) is 4.30. The van der Waals surface area contributed by atoms with Gasteiger partial charge < -0.3 is 0 Å². The number of fused-ring (bicyclic) bond motifs is 1. The fourth-order valence-electron chi connectivity index (χ4n) is 3.70. The second-order valence-corrected chi connectivity index (χ2v) is 9.49. The number of sulfone groups is 1. The van der Waals surface area contributed by atoms with Crippen molar-refractivity contribution in [2.75, 3.05) is 6.26 Å². The number of para-hydroxylation sites is 2. The minimum Gasteiger partial charge on any atom is -0.272 e. The van der Waals surface area contributed by atoms with Crippen LogP contribution in [0.4, 0.5) is 0 Å². The van der Waals surface area contributed by atoms with Crippen LogP contribution in [0.5, 0.6) is 0 Å². The maximum atomic E-state index is 11.7. The zero-order chi connectivity index (χ0) is 18.1. The number of benzene rings is 1. The Morgan fingerprint density at radius 2 is 1.81 bits per heavy atom. The summed E-state index contributed by atoms with van der Waals surface area (Å²) in [7, 11) is -2.91. The van der Waals surface area contributed by atoms with Crippen molar-refractivity contribution >= 4 is 20.9 Å². The molecule has 136 valence electrons. The zero-order valence-electron chi connectivity index (χ0n) is 14.7. The summed E-state index contributed by atoms with van der Waals surface area (Å²) < 4.78 is 25.3. The third kappa shape index (κ3) is 3.62. The SMILES string of the molecule is CS(=O)(=O)C1CCC(Cn2cc(-c3cnc4ccccc4n3)cn2)CC1. The van der Waals surface area contributed by atoms with Gasteiger partial charge in [-0.15, -0.1) is 0 Å². The smallest absolute Gasteiger partial charge is 0.150 e. The lowest BCUT2D eigenvalue weighted by atomic mass is 9.89. The van der Waals surface area contributed by atoms with E-state index in [1.165, 1.54) is 6.26 Å². The van der Waals surface area contributed by atoms with Gasteiger partial charge in [-0.3, -0.25) is 9.67 Å². The van der Waals surface area contributed by atoms with Gasteiger partial charge in [0.2, 0.25) is 0 Å². The molecular weight excluding hydrogens is 348 g/mol. The van der Waals surface area contributed by atoms with E-state index in [-0.39, 0.29) is 5.25 Å². The van der Waals surface area contributed by atoms with E-state index < -0.39 is 9.84 Å². The molecule has 0 amide bonds. The quantitative estimate of drug-likeness (QED) is 0.705. The van der Waals surface area contributed by atoms with E-state index >= 15 is 0 Å². The summed E-state index contributed by atoms with van der Waals surface area (Å²) in [5.74, 6) is 0.475. The predicted molar refractivity (Wildman–Crippen MR) is 101 cm³/mol. The monoisotopic (exact) mass is 370 g/mol. The van der Waals surface area contributed by atoms with E-state index in [2.05, 4.69) is 15.1 Å². The second-order valence-electron chi connectivity index (χ2n) is 7.17. The zero-order valence-corrected chi connectivity index (χ0v) is 15.6. The van der Waals surface area contributed by atoms with Crippen LogP contribution in [0.25, 0.3) is 22.3 Å². The first-order chi connectivity index (χ1) is 12.5. The molecule has 1 aliphatic rings. The first kappa shape index (κ1) is 17.1. The minimum atomic E-state index is -2.91. The first-order valence-corrected chi connectivity index (χ1v) is 10.9. The molecule has 0 unspecified atom stereocenters. The lowest BCUT2D eigenvalue weighted by Gasteiger charge is -2.27. The molecule has 0 radical (unpaired) electrons. The van der Waals surface area contributed by atoms with Crippen LogP contribution in [0.15, 0.2) is 42.9 Å². The third-order valence-corrected chi connectivity index (χ3v) is 6.90. The van der Waals surface area contributed by atoms with Crippen LogP contribution in [0.1, 0.15) is 25.7 Å². The molecule has 0 bridgehead atoms. The highest BCUT2D eigenvalue weighted by molar-refractivity contribution is 7.91. The van der Waals surface area contributed by atoms with Crippen LogP contribution < -0.4 is 0 Å². The lowest BCUT2D eigenvalue weighted by molar-refractivity contribution is 0.308. The van der Waals surface area contributed by atoms with Gasteiger partial charge in [-0.1, -0.05) is 12.1 Å². The highest BCUT2D eigenvalue weighted by Gasteiger charge is 2.28. The number of rotatable bonds is 4. The number of hydrogen-bond donors (Lipinski definition) is 0. The van der Waals surface area contributed by atoms with Crippen molar-refractivity contribution in [1.82, 2.24) is 19.7 Å². The molecule has 7 heteroatoms. The molecule has 4 rings (SSSR count). The molecule has 2 heterocycles. The first-order valence-electron chi connectivity index (χ1n) is 8.92. The molecular formula is C19H22N4O2S. The Morgan fingerprint density at radius 1 is 1.08 bits per heavy atom. The highest BCUT2D eigenvalue weighted by atomic mass is 32.2. The van der Waals surface area contributed by atoms with Gasteiger partial charge in [0.05, 0.1) is 34.4 Å². The largest absolute Gasteiger partial charge is 0.272 e. The van der Waals surface area contributed by atoms with Gasteiger partial charge in [-0.05, 0) is 43.7 Å². The standard InChI is InChI=1S/C19H22N4O2S/c1-26(24,25)16-8-6-14(7-9-16)12-23-13-15(10-21-23)19-11-20-17-4-2-3-5-18(17)22-19/h2-5,10-11,13-14,16H,6-9,12H2,1H3. The predicted octanol–water partition coefficient (Wildman–Crippen LogP) is 3.10. The Kier molecular flexibility index (Phi) is 4.48. The maximum absolute atomic E-state index is 11.7. The third-order valence-electron chi connectivity index (χ3n) is 5.22. The average molecular weight is 370 g/mol. The molecule has 0 atom stereocenters. The van der Waals surface area contributed by atoms with E-state index in [1.54, 1.807) is 6.20 Å². The fraction of sp³-hybridized carbons (Fsp3) is 0.421. The Balaban J connectivity index is 1.45. The molecule has 1 aliphatic carbocycles. The molecule has 1 aromatic carbocycles. The van der Waals surface area contributed by atoms with Crippen molar-refractivity contribution in [3.05, 3.63) is 42.9 Å². The molecule has 2 aromatic heterocycles. The van der Waals surface area contributed by atoms with Crippen molar-refractivity contribution in [3.8, 4) is 11.3 Å². The summed E-state index contributed by atoms with van der Waals surface area (Å²) in [4.78, 5) is 9.12. The van der Waals surface area contributed by atoms with Crippen molar-refractivity contribution < 1.29 is 8.42 Å². The molecule has 0 N–H and O–H groups in total. The van der Waals surface area contributed by atoms with Gasteiger partial charge in [0.15, 0.2) is 0 Å². The summed E-state index contributed by atoms with van der Waals surface area (Å²) in [5.41, 5.74) is 3.52. The minimum absolute atomic E-state index is 0.167. The molecule has 0 spiro atoms. The molecule has 1 saturated carbocycles. The molecule has 3 aromatic rings. The highest BCUT2D eigenvalue weighted by Crippen LogP contribution is 2.29. The summed E-state index contributed by atoms with van der Waals surface area (Å²) in [6.07, 6.45) is 10.3. The number of hydrogen-bond acceptors (Lipinski definition) is 5. The summed E-state index contributed by atoms with van der Waals surface area (Å²) in [6, 6.07) is 7.81. The van der Waals surface area contributed by atoms with E-state index in [9.17, 15) is 8.42 Å². The molecule has 1 fully saturated rings. The molecule has 0 aliphatic heterocycles. The van der Waals surface area contributed by atoms with Crippen molar-refractivity contribution in [3.63, 3.8) is 0 Å². The van der Waals surface area contributed by atoms with Gasteiger partial charge in [0.25, 0.3) is 0 Å². The lowest BCUT2D eigenvalue weighted by Crippen LogP contribution is -2.27. The Morgan fingerprint density at radius 3 is 2.54 bits per heavy atom. The van der Waals surface area contributed by atoms with Crippen LogP contribution in [0, 0.1) is 5.92 Å². The fourth-order valence-corrected chi connectivity index (χ4v) is 4.83. The van der Waals surface area contributed by atoms with Crippen LogP contribution >= 0.6 is 0 Å². The van der Waals surface area contributed by atoms with Gasteiger partial charge in [0, 0.05) is 24.6 Å². The van der Waals surface area contributed by atoms with Crippen molar-refractivity contribution in [2.45, 2.75) is 37.5 Å². The number of aromatic nitrogens is 4. The van der Waals surface area contributed by atoms with Gasteiger partial charge in [-0.2, -0.15) is 5.10 Å². The molecule has 26 heavy (non-hydrogen) atoms. The van der Waals surface area contributed by atoms with Crippen LogP contribution in [0.3, 0.4) is 0 Å². The Labute approximate surface area is 153 Å². The summed E-state index contributed by atoms with van der Waals surface area (Å²) in [6.45, 7) is 0.817. The van der Waals surface area contributed by atoms with Crippen molar-refractivity contribution in [1.29, 1.82) is 0 Å². The maximum Gasteiger partial charge on any atom is 0.150 e. The average Bonchev–Trinajstić information content (AvgIpc) is 3.09. The summed E-state index contributed by atoms with van der Waals surface area (Å²) >= 11 is 0. The molecule has 6 nitrogen and oxygen atoms in total. The van der Waals surface area contributed by atoms with Gasteiger partial charge in [-0.25, -0.2) is 13.4 Å². The Hall–Kier alpha value is -2.28. The Bertz CT molecular complexity index is 1020. The van der Waals surface area contributed by atoms with E-state index in [0.717, 1.165) is 54.5 Å². The van der Waals surface area contributed by atoms with Crippen LogP contribution in [-0.4, -0.2) is 39.7 Å².